The van der Waals surface area contributed by atoms with Crippen LogP contribution in [0.25, 0.3) is 0 Å². The number of nitrogens with one attached hydrogen (secondary N) is 2. The normalized spacial score (nSPS) is 11.8. The number of hydrogen-bond acceptors (Lipinski definition) is 3. The van der Waals surface area contributed by atoms with Crippen molar-refractivity contribution in [3.63, 3.8) is 0 Å². The van der Waals surface area contributed by atoms with Crippen molar-refractivity contribution in [2.75, 3.05) is 38.7 Å². The van der Waals surface area contributed by atoms with Crippen LogP contribution in [0.1, 0.15) is 37.8 Å². The molecule has 0 radical (unpaired) electrons. The van der Waals surface area contributed by atoms with E-state index in [9.17, 15) is 0 Å². The van der Waals surface area contributed by atoms with Crippen molar-refractivity contribution >= 4 is 17.7 Å². The lowest BCUT2D eigenvalue weighted by Crippen LogP contribution is -2.37. The number of hydrogen-bond donors (Lipinski definition) is 2. The van der Waals surface area contributed by atoms with Crippen LogP contribution in [0.5, 0.6) is 0 Å². The fourth-order valence-corrected chi connectivity index (χ4v) is 3.04. The highest BCUT2D eigenvalue weighted by Crippen LogP contribution is 2.11. The number of thioether (sulfide) groups is 1. The minimum atomic E-state index is 0.807. The van der Waals surface area contributed by atoms with E-state index in [1.807, 2.05) is 18.8 Å². The molecule has 24 heavy (non-hydrogen) atoms. The van der Waals surface area contributed by atoms with Crippen LogP contribution in [0.3, 0.4) is 0 Å². The van der Waals surface area contributed by atoms with Crippen molar-refractivity contribution in [1.29, 1.82) is 0 Å². The molecule has 1 rings (SSSR count). The Bertz CT molecular complexity index is 472. The van der Waals surface area contributed by atoms with Crippen molar-refractivity contribution in [2.45, 2.75) is 39.8 Å². The lowest BCUT2D eigenvalue weighted by Gasteiger charge is -2.20. The van der Waals surface area contributed by atoms with Gasteiger partial charge in [0.05, 0.1) is 0 Å². The van der Waals surface area contributed by atoms with Crippen LogP contribution in [0.15, 0.2) is 29.3 Å². The summed E-state index contributed by atoms with van der Waals surface area (Å²) in [4.78, 5) is 6.76. The number of guanidine groups is 1. The Morgan fingerprint density at radius 3 is 2.42 bits per heavy atom. The molecule has 0 heterocycles. The highest BCUT2D eigenvalue weighted by atomic mass is 32.2. The van der Waals surface area contributed by atoms with Gasteiger partial charge in [-0.1, -0.05) is 38.1 Å². The third-order valence-corrected chi connectivity index (χ3v) is 4.84. The molecule has 0 fully saturated rings. The van der Waals surface area contributed by atoms with E-state index in [1.54, 1.807) is 0 Å². The number of benzene rings is 1. The van der Waals surface area contributed by atoms with Gasteiger partial charge in [-0.2, -0.15) is 11.8 Å². The first kappa shape index (κ1) is 20.8. The summed E-state index contributed by atoms with van der Waals surface area (Å²) in [6, 6.07) is 8.67. The second-order valence-corrected chi connectivity index (χ2v) is 6.77. The maximum absolute atomic E-state index is 4.32. The van der Waals surface area contributed by atoms with Gasteiger partial charge in [0.25, 0.3) is 0 Å². The van der Waals surface area contributed by atoms with E-state index in [4.69, 9.17) is 0 Å². The van der Waals surface area contributed by atoms with Gasteiger partial charge in [-0.15, -0.1) is 0 Å². The van der Waals surface area contributed by atoms with Crippen LogP contribution >= 0.6 is 11.8 Å². The predicted molar refractivity (Wildman–Crippen MR) is 109 cm³/mol. The molecule has 0 saturated carbocycles. The quantitative estimate of drug-likeness (QED) is 0.365. The highest BCUT2D eigenvalue weighted by molar-refractivity contribution is 7.98. The molecule has 1 aromatic rings. The van der Waals surface area contributed by atoms with E-state index in [-0.39, 0.29) is 0 Å². The third-order valence-electron chi connectivity index (χ3n) is 4.14. The summed E-state index contributed by atoms with van der Waals surface area (Å²) in [5.41, 5.74) is 2.74. The average Bonchev–Trinajstić information content (AvgIpc) is 2.62. The number of unbranched alkanes of at least 4 members (excludes halogenated alkanes) is 1. The Morgan fingerprint density at radius 2 is 1.79 bits per heavy atom. The molecule has 5 heteroatoms. The summed E-state index contributed by atoms with van der Waals surface area (Å²) in [5, 5.41) is 6.84. The first-order valence-electron chi connectivity index (χ1n) is 8.97. The molecule has 0 amide bonds. The zero-order chi connectivity index (χ0) is 17.6. The van der Waals surface area contributed by atoms with Gasteiger partial charge in [0.1, 0.15) is 0 Å². The summed E-state index contributed by atoms with van der Waals surface area (Å²) >= 11 is 1.91. The van der Waals surface area contributed by atoms with Crippen molar-refractivity contribution < 1.29 is 0 Å². The Kier molecular flexibility index (Phi) is 11.4. The van der Waals surface area contributed by atoms with Gasteiger partial charge in [-0.05, 0) is 49.1 Å². The largest absolute Gasteiger partial charge is 0.356 e. The van der Waals surface area contributed by atoms with Gasteiger partial charge in [0.15, 0.2) is 5.96 Å². The minimum absolute atomic E-state index is 0.807. The number of nitrogens with zero attached hydrogens (tertiary/aromatic N) is 2. The van der Waals surface area contributed by atoms with E-state index >= 15 is 0 Å². The molecule has 0 aliphatic heterocycles. The first-order chi connectivity index (χ1) is 11.7. The molecule has 0 spiro atoms. The fourth-order valence-electron chi connectivity index (χ4n) is 2.55. The lowest BCUT2D eigenvalue weighted by molar-refractivity contribution is 0.295. The Labute approximate surface area is 152 Å². The van der Waals surface area contributed by atoms with Crippen LogP contribution < -0.4 is 10.6 Å². The fraction of sp³-hybridized carbons (Fsp3) is 0.632. The van der Waals surface area contributed by atoms with Gasteiger partial charge in [-0.25, -0.2) is 0 Å². The molecule has 0 aromatic heterocycles. The molecular weight excluding hydrogens is 316 g/mol. The Balaban J connectivity index is 2.50. The van der Waals surface area contributed by atoms with E-state index in [1.165, 1.54) is 29.7 Å². The Hall–Kier alpha value is -1.20. The molecule has 0 unspecified atom stereocenters. The van der Waals surface area contributed by atoms with Crippen molar-refractivity contribution in [3.05, 3.63) is 35.4 Å². The summed E-state index contributed by atoms with van der Waals surface area (Å²) in [6.45, 7) is 9.38. The monoisotopic (exact) mass is 350 g/mol. The van der Waals surface area contributed by atoms with Crippen LogP contribution in [0, 0.1) is 0 Å². The van der Waals surface area contributed by atoms with Crippen LogP contribution in [-0.4, -0.2) is 49.6 Å². The maximum atomic E-state index is 4.32. The topological polar surface area (TPSA) is 39.7 Å². The van der Waals surface area contributed by atoms with Crippen LogP contribution in [0.2, 0.25) is 0 Å². The number of rotatable bonds is 11. The molecule has 0 atom stereocenters. The van der Waals surface area contributed by atoms with Crippen LogP contribution in [0.4, 0.5) is 0 Å². The zero-order valence-electron chi connectivity index (χ0n) is 15.8. The highest BCUT2D eigenvalue weighted by Gasteiger charge is 2.06. The molecule has 0 aliphatic rings. The van der Waals surface area contributed by atoms with Gasteiger partial charge in [0.2, 0.25) is 0 Å². The van der Waals surface area contributed by atoms with Crippen molar-refractivity contribution in [2.24, 2.45) is 4.99 Å². The van der Waals surface area contributed by atoms with Crippen molar-refractivity contribution in [3.8, 4) is 0 Å². The molecule has 0 aliphatic carbocycles. The van der Waals surface area contributed by atoms with Gasteiger partial charge in [-0.3, -0.25) is 9.89 Å². The third kappa shape index (κ3) is 8.06. The zero-order valence-corrected chi connectivity index (χ0v) is 16.6. The average molecular weight is 351 g/mol. The molecule has 136 valence electrons. The predicted octanol–water partition coefficient (Wildman–Crippen LogP) is 3.34. The summed E-state index contributed by atoms with van der Waals surface area (Å²) in [5.74, 6) is 2.11. The smallest absolute Gasteiger partial charge is 0.191 e. The second kappa shape index (κ2) is 13.1. The number of aliphatic imine (C=N–C) groups is 1. The Morgan fingerprint density at radius 1 is 1.08 bits per heavy atom. The molecular formula is C19H34N4S. The van der Waals surface area contributed by atoms with Gasteiger partial charge < -0.3 is 10.6 Å². The molecule has 4 nitrogen and oxygen atoms in total. The molecule has 1 aromatic carbocycles. The molecule has 0 bridgehead atoms. The second-order valence-electron chi connectivity index (χ2n) is 5.78. The van der Waals surface area contributed by atoms with Gasteiger partial charge >= 0.3 is 0 Å². The summed E-state index contributed by atoms with van der Waals surface area (Å²) in [7, 11) is 1.83. The van der Waals surface area contributed by atoms with Gasteiger partial charge in [0, 0.05) is 26.7 Å². The SMILES string of the molecule is CCN(CC)Cc1ccccc1CNC(=NC)NCCCCSC. The lowest BCUT2D eigenvalue weighted by atomic mass is 10.1. The van der Waals surface area contributed by atoms with Crippen LogP contribution in [-0.2, 0) is 13.1 Å². The first-order valence-corrected chi connectivity index (χ1v) is 10.4. The summed E-state index contributed by atoms with van der Waals surface area (Å²) in [6.07, 6.45) is 4.58. The van der Waals surface area contributed by atoms with Crippen molar-refractivity contribution in [1.82, 2.24) is 15.5 Å². The molecule has 0 saturated heterocycles. The van der Waals surface area contributed by atoms with E-state index in [2.05, 4.69) is 64.9 Å². The summed E-state index contributed by atoms with van der Waals surface area (Å²) < 4.78 is 0. The molecule has 2 N–H and O–H groups in total. The minimum Gasteiger partial charge on any atom is -0.356 e. The van der Waals surface area contributed by atoms with E-state index < -0.39 is 0 Å². The standard InChI is InChI=1S/C19H34N4S/c1-5-23(6-2)16-18-12-8-7-11-17(18)15-22-19(20-3)21-13-9-10-14-24-4/h7-8,11-12H,5-6,9-10,13-16H2,1-4H3,(H2,20,21,22). The van der Waals surface area contributed by atoms with E-state index in [0.717, 1.165) is 38.7 Å². The maximum Gasteiger partial charge on any atom is 0.191 e. The van der Waals surface area contributed by atoms with E-state index in [0.29, 0.717) is 0 Å².